The number of nitrogens with one attached hydrogen (secondary N) is 1. The Morgan fingerprint density at radius 3 is 2.78 bits per heavy atom. The first-order valence-corrected chi connectivity index (χ1v) is 6.39. The Morgan fingerprint density at radius 1 is 1.28 bits per heavy atom. The smallest absolute Gasteiger partial charge is 0.299 e. The minimum atomic E-state index is -0.469. The van der Waals surface area contributed by atoms with Crippen molar-refractivity contribution in [3.63, 3.8) is 0 Å². The van der Waals surface area contributed by atoms with Gasteiger partial charge in [-0.3, -0.25) is 9.59 Å². The number of hydrogen-bond acceptors (Lipinski definition) is 3. The quantitative estimate of drug-likeness (QED) is 0.654. The first-order chi connectivity index (χ1) is 8.65. The molecular formula is C13H15ClN2O2. The Labute approximate surface area is 111 Å². The monoisotopic (exact) mass is 266 g/mol. The van der Waals surface area contributed by atoms with Crippen LogP contribution >= 0.6 is 11.6 Å². The van der Waals surface area contributed by atoms with Crippen LogP contribution in [0, 0.1) is 0 Å². The van der Waals surface area contributed by atoms with Crippen LogP contribution in [0.5, 0.6) is 0 Å². The van der Waals surface area contributed by atoms with Gasteiger partial charge in [-0.05, 0) is 31.2 Å². The summed E-state index contributed by atoms with van der Waals surface area (Å²) in [5.74, 6) is -0.937. The van der Waals surface area contributed by atoms with Crippen molar-refractivity contribution in [2.75, 3.05) is 24.5 Å². The lowest BCUT2D eigenvalue weighted by Crippen LogP contribution is -2.36. The van der Waals surface area contributed by atoms with Crippen molar-refractivity contribution in [3.8, 4) is 0 Å². The largest absolute Gasteiger partial charge is 0.315 e. The van der Waals surface area contributed by atoms with Gasteiger partial charge in [-0.1, -0.05) is 18.5 Å². The summed E-state index contributed by atoms with van der Waals surface area (Å²) < 4.78 is 0. The van der Waals surface area contributed by atoms with Gasteiger partial charge < -0.3 is 10.2 Å². The third-order valence-corrected chi connectivity index (χ3v) is 3.11. The van der Waals surface area contributed by atoms with Crippen molar-refractivity contribution in [3.05, 3.63) is 28.8 Å². The lowest BCUT2D eigenvalue weighted by atomic mass is 10.1. The van der Waals surface area contributed by atoms with Gasteiger partial charge in [0.25, 0.3) is 11.7 Å². The second-order valence-corrected chi connectivity index (χ2v) is 4.63. The molecule has 0 spiro atoms. The Morgan fingerprint density at radius 2 is 2.06 bits per heavy atom. The van der Waals surface area contributed by atoms with Crippen LogP contribution in [0.1, 0.15) is 23.7 Å². The molecule has 0 saturated carbocycles. The van der Waals surface area contributed by atoms with Crippen LogP contribution in [-0.4, -0.2) is 31.3 Å². The first kappa shape index (κ1) is 13.1. The number of amides is 1. The second-order valence-electron chi connectivity index (χ2n) is 4.20. The fraction of sp³-hybridized carbons (Fsp3) is 0.385. The zero-order valence-electron chi connectivity index (χ0n) is 10.2. The zero-order valence-corrected chi connectivity index (χ0v) is 11.0. The third-order valence-electron chi connectivity index (χ3n) is 2.87. The van der Waals surface area contributed by atoms with Gasteiger partial charge in [0.2, 0.25) is 0 Å². The minimum absolute atomic E-state index is 0.406. The fourth-order valence-corrected chi connectivity index (χ4v) is 2.16. The van der Waals surface area contributed by atoms with E-state index in [1.165, 1.54) is 4.90 Å². The summed E-state index contributed by atoms with van der Waals surface area (Å²) in [6, 6.07) is 4.97. The number of hydrogen-bond donors (Lipinski definition) is 1. The highest BCUT2D eigenvalue weighted by atomic mass is 35.5. The van der Waals surface area contributed by atoms with E-state index < -0.39 is 11.7 Å². The molecule has 0 unspecified atom stereocenters. The normalized spacial score (nSPS) is 14.2. The van der Waals surface area contributed by atoms with Gasteiger partial charge in [0.1, 0.15) is 0 Å². The Bertz CT molecular complexity index is 488. The van der Waals surface area contributed by atoms with Crippen LogP contribution in [0.2, 0.25) is 5.02 Å². The molecule has 0 fully saturated rings. The zero-order chi connectivity index (χ0) is 13.1. The summed E-state index contributed by atoms with van der Waals surface area (Å²) in [6.07, 6.45) is 1.04. The summed E-state index contributed by atoms with van der Waals surface area (Å²) >= 11 is 5.84. The molecule has 0 aromatic heterocycles. The molecule has 0 atom stereocenters. The van der Waals surface area contributed by atoms with Gasteiger partial charge in [-0.2, -0.15) is 0 Å². The standard InChI is InChI=1S/C13H15ClN2O2/c1-2-5-15-6-7-16-11-4-3-9(14)8-10(11)12(17)13(16)18/h3-4,8,15H,2,5-7H2,1H3. The van der Waals surface area contributed by atoms with E-state index in [9.17, 15) is 9.59 Å². The number of fused-ring (bicyclic) bond motifs is 1. The molecule has 1 aromatic carbocycles. The van der Waals surface area contributed by atoms with Crippen LogP contribution < -0.4 is 10.2 Å². The SMILES string of the molecule is CCCNCCN1C(=O)C(=O)c2cc(Cl)ccc21. The van der Waals surface area contributed by atoms with E-state index >= 15 is 0 Å². The van der Waals surface area contributed by atoms with Crippen LogP contribution in [0.3, 0.4) is 0 Å². The van der Waals surface area contributed by atoms with Crippen LogP contribution in [0.25, 0.3) is 0 Å². The first-order valence-electron chi connectivity index (χ1n) is 6.01. The lowest BCUT2D eigenvalue weighted by molar-refractivity contribution is -0.114. The van der Waals surface area contributed by atoms with Gasteiger partial charge in [0.05, 0.1) is 11.3 Å². The highest BCUT2D eigenvalue weighted by Crippen LogP contribution is 2.30. The number of carbonyl (C=O) groups excluding carboxylic acids is 2. The predicted molar refractivity (Wildman–Crippen MR) is 71.3 cm³/mol. The van der Waals surface area contributed by atoms with E-state index in [0.29, 0.717) is 29.4 Å². The van der Waals surface area contributed by atoms with Gasteiger partial charge >= 0.3 is 0 Å². The number of benzene rings is 1. The van der Waals surface area contributed by atoms with Gasteiger partial charge in [0, 0.05) is 18.1 Å². The van der Waals surface area contributed by atoms with E-state index in [1.807, 2.05) is 0 Å². The van der Waals surface area contributed by atoms with E-state index in [0.717, 1.165) is 13.0 Å². The average molecular weight is 267 g/mol. The molecule has 1 amide bonds. The summed E-state index contributed by atoms with van der Waals surface area (Å²) in [5, 5.41) is 3.68. The molecule has 0 radical (unpaired) electrons. The molecule has 0 saturated heterocycles. The van der Waals surface area contributed by atoms with Crippen LogP contribution in [0.15, 0.2) is 18.2 Å². The molecule has 18 heavy (non-hydrogen) atoms. The molecule has 1 aliphatic heterocycles. The van der Waals surface area contributed by atoms with Crippen molar-refractivity contribution in [1.82, 2.24) is 5.32 Å². The number of nitrogens with zero attached hydrogens (tertiary/aromatic N) is 1. The van der Waals surface area contributed by atoms with Crippen molar-refractivity contribution in [2.24, 2.45) is 0 Å². The Kier molecular flexibility index (Phi) is 3.99. The number of anilines is 1. The Balaban J connectivity index is 2.13. The highest BCUT2D eigenvalue weighted by Gasteiger charge is 2.35. The summed E-state index contributed by atoms with van der Waals surface area (Å²) in [5.41, 5.74) is 1.07. The van der Waals surface area contributed by atoms with Crippen molar-refractivity contribution in [1.29, 1.82) is 0 Å². The topological polar surface area (TPSA) is 49.4 Å². The maximum atomic E-state index is 11.8. The van der Waals surface area contributed by atoms with Crippen molar-refractivity contribution < 1.29 is 9.59 Å². The van der Waals surface area contributed by atoms with E-state index in [4.69, 9.17) is 11.6 Å². The highest BCUT2D eigenvalue weighted by molar-refractivity contribution is 6.52. The van der Waals surface area contributed by atoms with Gasteiger partial charge in [-0.25, -0.2) is 0 Å². The molecule has 0 bridgehead atoms. The summed E-state index contributed by atoms with van der Waals surface area (Å²) in [7, 11) is 0. The number of ketones is 1. The lowest BCUT2D eigenvalue weighted by Gasteiger charge is -2.16. The molecule has 4 nitrogen and oxygen atoms in total. The maximum absolute atomic E-state index is 11.8. The fourth-order valence-electron chi connectivity index (χ4n) is 1.99. The van der Waals surface area contributed by atoms with E-state index in [1.54, 1.807) is 18.2 Å². The molecule has 2 rings (SSSR count). The molecule has 1 N–H and O–H groups in total. The number of carbonyl (C=O) groups is 2. The van der Waals surface area contributed by atoms with E-state index in [2.05, 4.69) is 12.2 Å². The van der Waals surface area contributed by atoms with E-state index in [-0.39, 0.29) is 0 Å². The summed E-state index contributed by atoms with van der Waals surface area (Å²) in [6.45, 7) is 4.16. The minimum Gasteiger partial charge on any atom is -0.315 e. The second kappa shape index (κ2) is 5.50. The Hall–Kier alpha value is -1.39. The molecule has 1 aromatic rings. The van der Waals surface area contributed by atoms with Gasteiger partial charge in [0.15, 0.2) is 0 Å². The maximum Gasteiger partial charge on any atom is 0.299 e. The molecule has 5 heteroatoms. The predicted octanol–water partition coefficient (Wildman–Crippen LogP) is 1.87. The number of halogens is 1. The third kappa shape index (κ3) is 2.40. The van der Waals surface area contributed by atoms with Crippen molar-refractivity contribution >= 4 is 29.0 Å². The molecule has 1 heterocycles. The molecule has 96 valence electrons. The van der Waals surface area contributed by atoms with Crippen molar-refractivity contribution in [2.45, 2.75) is 13.3 Å². The van der Waals surface area contributed by atoms with Crippen LogP contribution in [0.4, 0.5) is 5.69 Å². The van der Waals surface area contributed by atoms with Gasteiger partial charge in [-0.15, -0.1) is 0 Å². The number of rotatable bonds is 5. The van der Waals surface area contributed by atoms with Crippen LogP contribution in [-0.2, 0) is 4.79 Å². The molecular weight excluding hydrogens is 252 g/mol. The summed E-state index contributed by atoms with van der Waals surface area (Å²) in [4.78, 5) is 25.1. The number of Topliss-reactive ketones (excluding diaryl/α,β-unsaturated/α-hetero) is 1. The molecule has 0 aliphatic carbocycles. The average Bonchev–Trinajstić information content (AvgIpc) is 2.59. The molecule has 1 aliphatic rings.